The minimum atomic E-state index is -4.16. The molecule has 0 heterocycles. The highest BCUT2D eigenvalue weighted by Gasteiger charge is 2.03. The highest BCUT2D eigenvalue weighted by molar-refractivity contribution is 7.80. The number of nitrogens with one attached hydrogen (secondary N) is 2. The van der Waals surface area contributed by atoms with Crippen molar-refractivity contribution >= 4 is 10.4 Å². The monoisotopic (exact) mass is 760 g/mol. The van der Waals surface area contributed by atoms with Crippen LogP contribution in [-0.2, 0) is 14.6 Å². The molecule has 52 heavy (non-hydrogen) atoms. The molecule has 0 aromatic rings. The molecule has 0 saturated heterocycles. The number of hydrogen-bond donors (Lipinski definition) is 4. The van der Waals surface area contributed by atoms with Crippen LogP contribution in [0.15, 0.2) is 24.3 Å². The highest BCUT2D eigenvalue weighted by Crippen LogP contribution is 2.11. The van der Waals surface area contributed by atoms with Crippen molar-refractivity contribution in [3.8, 4) is 0 Å². The molecule has 0 spiro atoms. The quantitative estimate of drug-likeness (QED) is 0.0277. The molecule has 0 saturated carbocycles. The van der Waals surface area contributed by atoms with Crippen LogP contribution in [0.2, 0.25) is 0 Å². The number of hydrogen-bond acceptors (Lipinski definition) is 7. The third-order valence-corrected chi connectivity index (χ3v) is 9.99. The molecule has 0 aliphatic rings. The number of unbranched alkanes of at least 4 members (excludes halogenated alkanes) is 24. The van der Waals surface area contributed by atoms with E-state index in [-0.39, 0.29) is 6.61 Å². The van der Waals surface area contributed by atoms with E-state index in [1.165, 1.54) is 180 Å². The van der Waals surface area contributed by atoms with E-state index in [1.807, 2.05) is 0 Å². The van der Waals surface area contributed by atoms with Crippen LogP contribution < -0.4 is 10.6 Å². The minimum Gasteiger partial charge on any atom is -0.395 e. The van der Waals surface area contributed by atoms with E-state index in [0.29, 0.717) is 0 Å². The van der Waals surface area contributed by atoms with Crippen LogP contribution in [0.5, 0.6) is 0 Å². The van der Waals surface area contributed by atoms with Gasteiger partial charge in [-0.05, 0) is 77.3 Å². The molecule has 0 aliphatic heterocycles. The topological polar surface area (TPSA) is 111 Å². The fraction of sp³-hybridized carbons (Fsp3) is 0.907. The Morgan fingerprint density at radius 1 is 0.481 bits per heavy atom. The van der Waals surface area contributed by atoms with Crippen molar-refractivity contribution in [2.24, 2.45) is 0 Å². The first-order chi connectivity index (χ1) is 25.4. The van der Waals surface area contributed by atoms with Crippen molar-refractivity contribution in [2.75, 3.05) is 59.5 Å². The van der Waals surface area contributed by atoms with Crippen molar-refractivity contribution in [1.29, 1.82) is 0 Å². The molecule has 0 aliphatic carbocycles. The molecule has 0 atom stereocenters. The van der Waals surface area contributed by atoms with Crippen molar-refractivity contribution in [3.63, 3.8) is 0 Å². The summed E-state index contributed by atoms with van der Waals surface area (Å²) in [5.41, 5.74) is 0. The van der Waals surface area contributed by atoms with E-state index in [4.69, 9.17) is 4.55 Å². The third-order valence-electron chi connectivity index (χ3n) is 9.57. The fourth-order valence-corrected chi connectivity index (χ4v) is 6.20. The van der Waals surface area contributed by atoms with Gasteiger partial charge in [-0.25, -0.2) is 0 Å². The first kappa shape index (κ1) is 53.3. The van der Waals surface area contributed by atoms with Gasteiger partial charge in [0.25, 0.3) is 0 Å². The Bertz CT molecular complexity index is 778. The number of allylic oxidation sites excluding steroid dienone is 4. The molecular formula is C43H89N3O5S. The van der Waals surface area contributed by atoms with E-state index < -0.39 is 10.4 Å². The van der Waals surface area contributed by atoms with Crippen molar-refractivity contribution in [2.45, 2.75) is 194 Å². The normalized spacial score (nSPS) is 12.0. The molecule has 9 heteroatoms. The lowest BCUT2D eigenvalue weighted by molar-refractivity contribution is 0.196. The summed E-state index contributed by atoms with van der Waals surface area (Å²) >= 11 is 0. The van der Waals surface area contributed by atoms with Crippen molar-refractivity contribution < 1.29 is 22.3 Å². The minimum absolute atomic E-state index is 0.254. The fourth-order valence-electron chi connectivity index (χ4n) is 6.20. The van der Waals surface area contributed by atoms with Gasteiger partial charge in [0, 0.05) is 32.7 Å². The molecule has 0 bridgehead atoms. The van der Waals surface area contributed by atoms with Crippen LogP contribution in [0.25, 0.3) is 0 Å². The predicted octanol–water partition coefficient (Wildman–Crippen LogP) is 11.0. The Morgan fingerprint density at radius 3 is 1.06 bits per heavy atom. The van der Waals surface area contributed by atoms with Crippen LogP contribution in [0.4, 0.5) is 0 Å². The number of nitrogens with zero attached hydrogens (tertiary/aromatic N) is 1. The summed E-state index contributed by atoms with van der Waals surface area (Å²) in [4.78, 5) is 2.39. The lowest BCUT2D eigenvalue weighted by Crippen LogP contribution is -2.38. The maximum atomic E-state index is 9.46. The summed E-state index contributed by atoms with van der Waals surface area (Å²) in [6, 6.07) is 0. The van der Waals surface area contributed by atoms with Gasteiger partial charge >= 0.3 is 10.4 Å². The Labute approximate surface area is 324 Å². The Kier molecular flexibility index (Phi) is 47.5. The average Bonchev–Trinajstić information content (AvgIpc) is 3.13. The van der Waals surface area contributed by atoms with Gasteiger partial charge in [-0.15, -0.1) is 0 Å². The van der Waals surface area contributed by atoms with Gasteiger partial charge in [-0.2, -0.15) is 8.42 Å². The summed E-state index contributed by atoms with van der Waals surface area (Å²) < 4.78 is 29.7. The van der Waals surface area contributed by atoms with Gasteiger partial charge in [-0.1, -0.05) is 154 Å². The molecule has 312 valence electrons. The average molecular weight is 760 g/mol. The Morgan fingerprint density at radius 2 is 0.769 bits per heavy atom. The molecule has 0 radical (unpaired) electrons. The van der Waals surface area contributed by atoms with Gasteiger partial charge in [0.05, 0.1) is 13.7 Å². The second-order valence-corrected chi connectivity index (χ2v) is 15.7. The first-order valence-corrected chi connectivity index (χ1v) is 23.3. The van der Waals surface area contributed by atoms with Crippen LogP contribution >= 0.6 is 0 Å². The number of aliphatic hydroxyl groups is 1. The lowest BCUT2D eigenvalue weighted by Gasteiger charge is -2.21. The summed E-state index contributed by atoms with van der Waals surface area (Å²) in [6.07, 6.45) is 47.9. The highest BCUT2D eigenvalue weighted by atomic mass is 32.3. The second kappa shape index (κ2) is 46.3. The van der Waals surface area contributed by atoms with E-state index in [1.54, 1.807) is 0 Å². The van der Waals surface area contributed by atoms with Crippen LogP contribution in [0.3, 0.4) is 0 Å². The second-order valence-electron chi connectivity index (χ2n) is 14.5. The number of aliphatic hydroxyl groups excluding tert-OH is 1. The molecule has 0 aromatic carbocycles. The standard InChI is InChI=1S/C42H85N3O.CH4O4S/c1-3-5-7-9-11-13-15-17-19-21-23-25-27-29-31-33-35-43-37-39-45(41-42-46)40-38-44-36-34-32-30-28-26-24-22-20-18-16-14-12-10-8-6-4-2;1-5-6(2,3)4/h17-20,43-44,46H,3-16,21-42H2,1-2H3;1H3,(H,2,3,4)/b19-17-,20-18-;. The van der Waals surface area contributed by atoms with E-state index in [2.05, 4.69) is 57.9 Å². The van der Waals surface area contributed by atoms with Gasteiger partial charge < -0.3 is 15.7 Å². The molecule has 0 unspecified atom stereocenters. The molecule has 0 amide bonds. The van der Waals surface area contributed by atoms with Gasteiger partial charge in [0.2, 0.25) is 0 Å². The Hall–Kier alpha value is -0.810. The molecule has 4 N–H and O–H groups in total. The summed E-state index contributed by atoms with van der Waals surface area (Å²) in [5, 5.41) is 16.7. The predicted molar refractivity (Wildman–Crippen MR) is 227 cm³/mol. The maximum absolute atomic E-state index is 9.46. The lowest BCUT2D eigenvalue weighted by atomic mass is 10.1. The van der Waals surface area contributed by atoms with Crippen LogP contribution in [0, 0.1) is 0 Å². The molecule has 0 rings (SSSR count). The zero-order chi connectivity index (χ0) is 38.5. The van der Waals surface area contributed by atoms with Crippen molar-refractivity contribution in [1.82, 2.24) is 15.5 Å². The zero-order valence-electron chi connectivity index (χ0n) is 34.7. The SMILES string of the molecule is CCCCCCCC/C=C\CCCCCCCCNCCN(CCO)CCNCCCCCCCC/C=C\CCCCCCCC.COS(=O)(=O)O. The summed E-state index contributed by atoms with van der Waals surface area (Å²) in [7, 11) is -3.29. The van der Waals surface area contributed by atoms with E-state index in [9.17, 15) is 13.5 Å². The molecule has 0 aromatic heterocycles. The van der Waals surface area contributed by atoms with Gasteiger partial charge in [-0.3, -0.25) is 13.6 Å². The molecule has 0 fully saturated rings. The van der Waals surface area contributed by atoms with Crippen molar-refractivity contribution in [3.05, 3.63) is 24.3 Å². The van der Waals surface area contributed by atoms with Gasteiger partial charge in [0.1, 0.15) is 0 Å². The third kappa shape index (κ3) is 51.3. The Balaban J connectivity index is 0. The van der Waals surface area contributed by atoms with Gasteiger partial charge in [0.15, 0.2) is 0 Å². The molecule has 8 nitrogen and oxygen atoms in total. The summed E-state index contributed by atoms with van der Waals surface area (Å²) in [6.45, 7) is 12.0. The van der Waals surface area contributed by atoms with Crippen LogP contribution in [0.1, 0.15) is 194 Å². The van der Waals surface area contributed by atoms with Crippen LogP contribution in [-0.4, -0.2) is 82.5 Å². The maximum Gasteiger partial charge on any atom is 0.397 e. The first-order valence-electron chi connectivity index (χ1n) is 22.0. The zero-order valence-corrected chi connectivity index (χ0v) is 35.6. The molecular weight excluding hydrogens is 671 g/mol. The smallest absolute Gasteiger partial charge is 0.395 e. The van der Waals surface area contributed by atoms with E-state index >= 15 is 0 Å². The largest absolute Gasteiger partial charge is 0.397 e. The van der Waals surface area contributed by atoms with E-state index in [0.717, 1.165) is 52.9 Å². The number of rotatable bonds is 41. The summed E-state index contributed by atoms with van der Waals surface area (Å²) in [5.74, 6) is 0.